The summed E-state index contributed by atoms with van der Waals surface area (Å²) in [5, 5.41) is 2.13. The van der Waals surface area contributed by atoms with Crippen LogP contribution in [0.3, 0.4) is 0 Å². The number of carbonyl (C=O) groups is 1. The summed E-state index contributed by atoms with van der Waals surface area (Å²) in [5.41, 5.74) is 1.76. The van der Waals surface area contributed by atoms with Crippen LogP contribution in [0.25, 0.3) is 0 Å². The van der Waals surface area contributed by atoms with Gasteiger partial charge in [0.2, 0.25) is 0 Å². The number of anilines is 1. The Hall–Kier alpha value is -2.02. The molecule has 0 bridgehead atoms. The smallest absolute Gasteiger partial charge is 0.263 e. The third-order valence-electron chi connectivity index (χ3n) is 3.86. The SMILES string of the molecule is CC1CCc2c1cc(C(=O)Nc1ncc(F)s1)c(=O)n2C. The molecule has 5 nitrogen and oxygen atoms in total. The van der Waals surface area contributed by atoms with Crippen LogP contribution >= 0.6 is 11.3 Å². The van der Waals surface area contributed by atoms with Crippen molar-refractivity contribution in [3.8, 4) is 0 Å². The fourth-order valence-corrected chi connectivity index (χ4v) is 3.22. The first-order valence-electron chi connectivity index (χ1n) is 6.63. The molecule has 110 valence electrons. The molecular formula is C14H14FN3O2S. The lowest BCUT2D eigenvalue weighted by molar-refractivity contribution is 0.102. The van der Waals surface area contributed by atoms with Crippen molar-refractivity contribution in [3.05, 3.63) is 44.6 Å². The summed E-state index contributed by atoms with van der Waals surface area (Å²) in [6.45, 7) is 2.08. The Labute approximate surface area is 124 Å². The van der Waals surface area contributed by atoms with Crippen molar-refractivity contribution in [2.24, 2.45) is 7.05 Å². The monoisotopic (exact) mass is 307 g/mol. The summed E-state index contributed by atoms with van der Waals surface area (Å²) in [4.78, 5) is 28.2. The lowest BCUT2D eigenvalue weighted by Gasteiger charge is -2.11. The molecular weight excluding hydrogens is 293 g/mol. The lowest BCUT2D eigenvalue weighted by atomic mass is 10.0. The second-order valence-electron chi connectivity index (χ2n) is 5.19. The number of amides is 1. The van der Waals surface area contributed by atoms with Crippen LogP contribution in [0.2, 0.25) is 0 Å². The summed E-state index contributed by atoms with van der Waals surface area (Å²) in [6, 6.07) is 1.66. The molecule has 1 amide bonds. The van der Waals surface area contributed by atoms with Crippen molar-refractivity contribution in [2.45, 2.75) is 25.7 Å². The average Bonchev–Trinajstić information content (AvgIpc) is 3.00. The first-order valence-corrected chi connectivity index (χ1v) is 7.44. The lowest BCUT2D eigenvalue weighted by Crippen LogP contribution is -2.29. The number of nitrogens with zero attached hydrogens (tertiary/aromatic N) is 2. The molecule has 21 heavy (non-hydrogen) atoms. The number of thiazole rings is 1. The number of hydrogen-bond donors (Lipinski definition) is 1. The van der Waals surface area contributed by atoms with E-state index >= 15 is 0 Å². The van der Waals surface area contributed by atoms with Gasteiger partial charge in [0.1, 0.15) is 5.56 Å². The molecule has 1 atom stereocenters. The molecule has 0 radical (unpaired) electrons. The van der Waals surface area contributed by atoms with E-state index in [1.807, 2.05) is 0 Å². The van der Waals surface area contributed by atoms with Gasteiger partial charge in [-0.05, 0) is 30.4 Å². The van der Waals surface area contributed by atoms with Gasteiger partial charge in [0.15, 0.2) is 10.3 Å². The van der Waals surface area contributed by atoms with E-state index in [2.05, 4.69) is 17.2 Å². The summed E-state index contributed by atoms with van der Waals surface area (Å²) in [7, 11) is 1.68. The molecule has 0 spiro atoms. The summed E-state index contributed by atoms with van der Waals surface area (Å²) >= 11 is 0.728. The van der Waals surface area contributed by atoms with E-state index in [4.69, 9.17) is 0 Å². The van der Waals surface area contributed by atoms with Gasteiger partial charge < -0.3 is 4.57 Å². The molecule has 1 N–H and O–H groups in total. The highest BCUT2D eigenvalue weighted by molar-refractivity contribution is 7.14. The molecule has 0 saturated heterocycles. The standard InChI is InChI=1S/C14H14FN3O2S/c1-7-3-4-10-8(7)5-9(13(20)18(10)2)12(19)17-14-16-6-11(15)21-14/h5-7H,3-4H2,1-2H3,(H,16,17,19). The number of pyridine rings is 1. The van der Waals surface area contributed by atoms with Crippen LogP contribution in [-0.4, -0.2) is 15.5 Å². The predicted molar refractivity (Wildman–Crippen MR) is 78.4 cm³/mol. The molecule has 1 unspecified atom stereocenters. The third-order valence-corrected chi connectivity index (χ3v) is 4.56. The molecule has 2 aromatic heterocycles. The van der Waals surface area contributed by atoms with Gasteiger partial charge in [-0.25, -0.2) is 4.98 Å². The quantitative estimate of drug-likeness (QED) is 0.926. The van der Waals surface area contributed by atoms with Gasteiger partial charge in [0.25, 0.3) is 11.5 Å². The van der Waals surface area contributed by atoms with Gasteiger partial charge in [-0.1, -0.05) is 18.3 Å². The van der Waals surface area contributed by atoms with Crippen LogP contribution in [0.5, 0.6) is 0 Å². The molecule has 0 fully saturated rings. The Morgan fingerprint density at radius 2 is 2.33 bits per heavy atom. The van der Waals surface area contributed by atoms with Crippen LogP contribution in [0.15, 0.2) is 17.1 Å². The molecule has 7 heteroatoms. The largest absolute Gasteiger partial charge is 0.315 e. The van der Waals surface area contributed by atoms with Crippen LogP contribution in [0.4, 0.5) is 9.52 Å². The zero-order valence-electron chi connectivity index (χ0n) is 11.6. The van der Waals surface area contributed by atoms with Crippen molar-refractivity contribution in [1.29, 1.82) is 0 Å². The van der Waals surface area contributed by atoms with Gasteiger partial charge in [-0.2, -0.15) is 4.39 Å². The molecule has 2 aromatic rings. The van der Waals surface area contributed by atoms with E-state index in [0.29, 0.717) is 5.92 Å². The van der Waals surface area contributed by atoms with Crippen molar-refractivity contribution in [1.82, 2.24) is 9.55 Å². The second-order valence-corrected chi connectivity index (χ2v) is 6.17. The fraction of sp³-hybridized carbons (Fsp3) is 0.357. The third kappa shape index (κ3) is 2.37. The number of carbonyl (C=O) groups excluding carboxylic acids is 1. The van der Waals surface area contributed by atoms with Crippen LogP contribution in [-0.2, 0) is 13.5 Å². The predicted octanol–water partition coefficient (Wildman–Crippen LogP) is 2.28. The Kier molecular flexibility index (Phi) is 3.36. The molecule has 0 aliphatic heterocycles. The molecule has 1 aliphatic carbocycles. The first kappa shape index (κ1) is 13.9. The van der Waals surface area contributed by atoms with Crippen molar-refractivity contribution in [2.75, 3.05) is 5.32 Å². The number of hydrogen-bond acceptors (Lipinski definition) is 4. The summed E-state index contributed by atoms with van der Waals surface area (Å²) in [6.07, 6.45) is 2.86. The maximum absolute atomic E-state index is 12.9. The number of aromatic nitrogens is 2. The number of nitrogens with one attached hydrogen (secondary N) is 1. The first-order chi connectivity index (χ1) is 9.97. The van der Waals surface area contributed by atoms with E-state index in [9.17, 15) is 14.0 Å². The topological polar surface area (TPSA) is 64.0 Å². The highest BCUT2D eigenvalue weighted by Crippen LogP contribution is 2.31. The van der Waals surface area contributed by atoms with Gasteiger partial charge in [-0.15, -0.1) is 0 Å². The van der Waals surface area contributed by atoms with Crippen molar-refractivity contribution >= 4 is 22.4 Å². The minimum absolute atomic E-state index is 0.0700. The van der Waals surface area contributed by atoms with Crippen LogP contribution in [0, 0.1) is 5.13 Å². The normalized spacial score (nSPS) is 16.8. The fourth-order valence-electron chi connectivity index (χ4n) is 2.68. The van der Waals surface area contributed by atoms with E-state index in [1.165, 1.54) is 4.57 Å². The van der Waals surface area contributed by atoms with E-state index < -0.39 is 11.0 Å². The van der Waals surface area contributed by atoms with E-state index in [1.54, 1.807) is 13.1 Å². The Morgan fingerprint density at radius 3 is 3.00 bits per heavy atom. The molecule has 3 rings (SSSR count). The minimum Gasteiger partial charge on any atom is -0.315 e. The summed E-state index contributed by atoms with van der Waals surface area (Å²) in [5.74, 6) is -0.220. The molecule has 1 aliphatic rings. The number of halogens is 1. The van der Waals surface area contributed by atoms with E-state index in [0.717, 1.165) is 41.6 Å². The number of rotatable bonds is 2. The van der Waals surface area contributed by atoms with Gasteiger partial charge in [0.05, 0.1) is 6.20 Å². The second kappa shape index (κ2) is 5.07. The Bertz CT molecular complexity index is 781. The Balaban J connectivity index is 1.99. The van der Waals surface area contributed by atoms with E-state index in [-0.39, 0.29) is 16.3 Å². The molecule has 2 heterocycles. The number of fused-ring (bicyclic) bond motifs is 1. The zero-order chi connectivity index (χ0) is 15.1. The maximum Gasteiger partial charge on any atom is 0.263 e. The van der Waals surface area contributed by atoms with Gasteiger partial charge >= 0.3 is 0 Å². The van der Waals surface area contributed by atoms with Crippen molar-refractivity contribution in [3.63, 3.8) is 0 Å². The van der Waals surface area contributed by atoms with Crippen molar-refractivity contribution < 1.29 is 9.18 Å². The minimum atomic E-state index is -0.549. The molecule has 0 saturated carbocycles. The van der Waals surface area contributed by atoms with Gasteiger partial charge in [0, 0.05) is 12.7 Å². The highest BCUT2D eigenvalue weighted by Gasteiger charge is 2.25. The van der Waals surface area contributed by atoms with Crippen LogP contribution in [0.1, 0.15) is 40.9 Å². The zero-order valence-corrected chi connectivity index (χ0v) is 12.5. The summed E-state index contributed by atoms with van der Waals surface area (Å²) < 4.78 is 14.4. The molecule has 0 aromatic carbocycles. The highest BCUT2D eigenvalue weighted by atomic mass is 32.1. The maximum atomic E-state index is 12.9. The average molecular weight is 307 g/mol. The Morgan fingerprint density at radius 1 is 1.57 bits per heavy atom. The van der Waals surface area contributed by atoms with Crippen LogP contribution < -0.4 is 10.9 Å². The van der Waals surface area contributed by atoms with Gasteiger partial charge in [-0.3, -0.25) is 14.9 Å².